The summed E-state index contributed by atoms with van der Waals surface area (Å²) in [7, 11) is -3.84. The maximum Gasteiger partial charge on any atom is 0.391 e. The molecule has 1 aliphatic carbocycles. The highest BCUT2D eigenvalue weighted by Crippen LogP contribution is 2.37. The summed E-state index contributed by atoms with van der Waals surface area (Å²) in [5.41, 5.74) is 0. The van der Waals surface area contributed by atoms with Gasteiger partial charge in [0.15, 0.2) is 0 Å². The van der Waals surface area contributed by atoms with E-state index in [-0.39, 0.29) is 12.8 Å². The summed E-state index contributed by atoms with van der Waals surface area (Å²) in [5.74, 6) is -3.37. The highest BCUT2D eigenvalue weighted by molar-refractivity contribution is 7.89. The van der Waals surface area contributed by atoms with Crippen molar-refractivity contribution in [1.29, 1.82) is 0 Å². The van der Waals surface area contributed by atoms with Gasteiger partial charge < -0.3 is 5.11 Å². The SMILES string of the molecule is O=C(O)CCS(=O)(=O)NC1CCCC(C(F)(F)F)C1. The lowest BCUT2D eigenvalue weighted by Gasteiger charge is -2.30. The molecule has 0 aliphatic heterocycles. The quantitative estimate of drug-likeness (QED) is 0.806. The lowest BCUT2D eigenvalue weighted by Crippen LogP contribution is -2.42. The Morgan fingerprint density at radius 2 is 1.95 bits per heavy atom. The molecule has 0 aromatic heterocycles. The highest BCUT2D eigenvalue weighted by atomic mass is 32.2. The number of rotatable bonds is 5. The molecule has 1 rings (SSSR count). The zero-order valence-corrected chi connectivity index (χ0v) is 10.9. The summed E-state index contributed by atoms with van der Waals surface area (Å²) in [4.78, 5) is 10.3. The van der Waals surface area contributed by atoms with E-state index < -0.39 is 46.3 Å². The summed E-state index contributed by atoms with van der Waals surface area (Å²) in [6.45, 7) is 0. The third kappa shape index (κ3) is 5.77. The second kappa shape index (κ2) is 6.08. The van der Waals surface area contributed by atoms with Crippen LogP contribution in [-0.4, -0.2) is 37.5 Å². The summed E-state index contributed by atoms with van der Waals surface area (Å²) in [6, 6.07) is -0.765. The minimum Gasteiger partial charge on any atom is -0.481 e. The van der Waals surface area contributed by atoms with Gasteiger partial charge in [0.05, 0.1) is 18.1 Å². The number of carboxylic acids is 1. The number of sulfonamides is 1. The minimum absolute atomic E-state index is 0.0108. The van der Waals surface area contributed by atoms with Crippen molar-refractivity contribution in [1.82, 2.24) is 4.72 Å². The van der Waals surface area contributed by atoms with Crippen molar-refractivity contribution < 1.29 is 31.5 Å². The van der Waals surface area contributed by atoms with E-state index in [1.54, 1.807) is 0 Å². The number of carbonyl (C=O) groups is 1. The molecule has 112 valence electrons. The van der Waals surface area contributed by atoms with E-state index in [1.165, 1.54) is 0 Å². The average molecular weight is 303 g/mol. The molecule has 0 spiro atoms. The Labute approximate surface area is 109 Å². The van der Waals surface area contributed by atoms with E-state index in [0.29, 0.717) is 12.8 Å². The van der Waals surface area contributed by atoms with E-state index in [0.717, 1.165) is 0 Å². The van der Waals surface area contributed by atoms with Crippen molar-refractivity contribution >= 4 is 16.0 Å². The third-order valence-electron chi connectivity index (χ3n) is 3.07. The predicted octanol–water partition coefficient (Wildman–Crippen LogP) is 1.50. The first-order valence-corrected chi connectivity index (χ1v) is 7.54. The van der Waals surface area contributed by atoms with Gasteiger partial charge in [0.25, 0.3) is 0 Å². The Bertz CT molecular complexity index is 421. The fourth-order valence-electron chi connectivity index (χ4n) is 2.13. The normalized spacial score (nSPS) is 25.2. The zero-order valence-electron chi connectivity index (χ0n) is 10.1. The van der Waals surface area contributed by atoms with Crippen LogP contribution in [0.4, 0.5) is 13.2 Å². The average Bonchev–Trinajstić information content (AvgIpc) is 2.25. The van der Waals surface area contributed by atoms with Crippen LogP contribution in [0.1, 0.15) is 32.1 Å². The Morgan fingerprint density at radius 3 is 2.47 bits per heavy atom. The molecule has 0 saturated heterocycles. The largest absolute Gasteiger partial charge is 0.481 e. The fourth-order valence-corrected chi connectivity index (χ4v) is 3.41. The van der Waals surface area contributed by atoms with Crippen LogP contribution < -0.4 is 4.72 Å². The van der Waals surface area contributed by atoms with Gasteiger partial charge in [-0.05, 0) is 19.3 Å². The standard InChI is InChI=1S/C10H16F3NO4S/c11-10(12,13)7-2-1-3-8(6-7)14-19(17,18)5-4-9(15)16/h7-8,14H,1-6H2,(H,15,16). The second-order valence-electron chi connectivity index (χ2n) is 4.68. The number of carboxylic acid groups (broad SMARTS) is 1. The van der Waals surface area contributed by atoms with Crippen molar-refractivity contribution in [2.45, 2.75) is 44.3 Å². The molecule has 2 atom stereocenters. The lowest BCUT2D eigenvalue weighted by atomic mass is 9.86. The molecular formula is C10H16F3NO4S. The van der Waals surface area contributed by atoms with Gasteiger partial charge in [0, 0.05) is 6.04 Å². The van der Waals surface area contributed by atoms with Crippen molar-refractivity contribution in [3.05, 3.63) is 0 Å². The predicted molar refractivity (Wildman–Crippen MR) is 61.0 cm³/mol. The van der Waals surface area contributed by atoms with Crippen LogP contribution >= 0.6 is 0 Å². The van der Waals surface area contributed by atoms with Crippen LogP contribution in [0, 0.1) is 5.92 Å². The molecule has 1 fully saturated rings. The fraction of sp³-hybridized carbons (Fsp3) is 0.900. The molecule has 0 bridgehead atoms. The van der Waals surface area contributed by atoms with Crippen molar-refractivity contribution in [2.75, 3.05) is 5.75 Å². The first-order valence-electron chi connectivity index (χ1n) is 5.88. The number of alkyl halides is 3. The number of hydrogen-bond donors (Lipinski definition) is 2. The van der Waals surface area contributed by atoms with Crippen molar-refractivity contribution in [3.8, 4) is 0 Å². The molecule has 2 unspecified atom stereocenters. The van der Waals surface area contributed by atoms with Gasteiger partial charge in [-0.1, -0.05) is 6.42 Å². The highest BCUT2D eigenvalue weighted by Gasteiger charge is 2.42. The lowest BCUT2D eigenvalue weighted by molar-refractivity contribution is -0.183. The molecule has 9 heteroatoms. The van der Waals surface area contributed by atoms with Gasteiger partial charge in [-0.25, -0.2) is 13.1 Å². The van der Waals surface area contributed by atoms with Gasteiger partial charge in [-0.3, -0.25) is 4.79 Å². The number of hydrogen-bond acceptors (Lipinski definition) is 3. The molecule has 0 aromatic rings. The Balaban J connectivity index is 2.54. The molecule has 1 aliphatic rings. The topological polar surface area (TPSA) is 83.5 Å². The maximum atomic E-state index is 12.5. The summed E-state index contributed by atoms with van der Waals surface area (Å²) < 4.78 is 62.8. The molecule has 1 saturated carbocycles. The molecule has 0 radical (unpaired) electrons. The Kier molecular flexibility index (Phi) is 5.19. The minimum atomic E-state index is -4.31. The van der Waals surface area contributed by atoms with Gasteiger partial charge in [0.2, 0.25) is 10.0 Å². The second-order valence-corrected chi connectivity index (χ2v) is 6.56. The van der Waals surface area contributed by atoms with Crippen LogP contribution in [0.5, 0.6) is 0 Å². The van der Waals surface area contributed by atoms with Gasteiger partial charge in [0.1, 0.15) is 0 Å². The molecule has 0 aromatic carbocycles. The first kappa shape index (κ1) is 16.2. The van der Waals surface area contributed by atoms with E-state index in [4.69, 9.17) is 5.11 Å². The number of aliphatic carboxylic acids is 1. The van der Waals surface area contributed by atoms with Crippen LogP contribution in [0.15, 0.2) is 0 Å². The molecular weight excluding hydrogens is 287 g/mol. The van der Waals surface area contributed by atoms with E-state index in [9.17, 15) is 26.4 Å². The van der Waals surface area contributed by atoms with Gasteiger partial charge in [-0.2, -0.15) is 13.2 Å². The third-order valence-corrected chi connectivity index (χ3v) is 4.50. The van der Waals surface area contributed by atoms with Crippen molar-refractivity contribution in [2.24, 2.45) is 5.92 Å². The molecule has 19 heavy (non-hydrogen) atoms. The summed E-state index contributed by atoms with van der Waals surface area (Å²) in [6.07, 6.45) is -4.50. The molecule has 5 nitrogen and oxygen atoms in total. The first-order chi connectivity index (χ1) is 8.60. The van der Waals surface area contributed by atoms with Crippen LogP contribution in [0.3, 0.4) is 0 Å². The summed E-state index contributed by atoms with van der Waals surface area (Å²) in [5, 5.41) is 8.39. The van der Waals surface area contributed by atoms with Gasteiger partial charge >= 0.3 is 12.1 Å². The molecule has 0 amide bonds. The Morgan fingerprint density at radius 1 is 1.32 bits per heavy atom. The van der Waals surface area contributed by atoms with Crippen molar-refractivity contribution in [3.63, 3.8) is 0 Å². The van der Waals surface area contributed by atoms with Gasteiger partial charge in [-0.15, -0.1) is 0 Å². The molecule has 0 heterocycles. The molecule has 2 N–H and O–H groups in total. The number of nitrogens with one attached hydrogen (secondary N) is 1. The number of halogens is 3. The van der Waals surface area contributed by atoms with E-state index in [1.807, 2.05) is 0 Å². The van der Waals surface area contributed by atoms with E-state index >= 15 is 0 Å². The van der Waals surface area contributed by atoms with Crippen LogP contribution in [-0.2, 0) is 14.8 Å². The van der Waals surface area contributed by atoms with Crippen LogP contribution in [0.25, 0.3) is 0 Å². The zero-order chi connectivity index (χ0) is 14.7. The van der Waals surface area contributed by atoms with Crippen LogP contribution in [0.2, 0.25) is 0 Å². The Hall–Kier alpha value is -0.830. The van der Waals surface area contributed by atoms with E-state index in [2.05, 4.69) is 4.72 Å². The monoisotopic (exact) mass is 303 g/mol. The summed E-state index contributed by atoms with van der Waals surface area (Å²) >= 11 is 0. The maximum absolute atomic E-state index is 12.5. The smallest absolute Gasteiger partial charge is 0.391 e.